The molecule has 1 amide bonds. The van der Waals surface area contributed by atoms with Gasteiger partial charge in [0.2, 0.25) is 0 Å². The topological polar surface area (TPSA) is 40.5 Å². The van der Waals surface area contributed by atoms with E-state index in [1.165, 1.54) is 16.2 Å². The Morgan fingerprint density at radius 1 is 1.06 bits per heavy atom. The number of alkyl halides is 6. The summed E-state index contributed by atoms with van der Waals surface area (Å²) in [6.07, 6.45) is -11.4. The molecule has 1 atom stereocenters. The minimum Gasteiger partial charge on any atom is -0.369 e. The van der Waals surface area contributed by atoms with Crippen molar-refractivity contribution in [1.82, 2.24) is 0 Å². The Morgan fingerprint density at radius 2 is 1.73 bits per heavy atom. The third-order valence-electron chi connectivity index (χ3n) is 5.51. The molecule has 1 aliphatic heterocycles. The van der Waals surface area contributed by atoms with Crippen LogP contribution in [-0.2, 0) is 5.60 Å². The van der Waals surface area contributed by atoms with Gasteiger partial charge in [0.1, 0.15) is 0 Å². The van der Waals surface area contributed by atoms with Gasteiger partial charge >= 0.3 is 12.4 Å². The van der Waals surface area contributed by atoms with Crippen LogP contribution in [0, 0.1) is 0 Å². The number of halogens is 6. The summed E-state index contributed by atoms with van der Waals surface area (Å²) in [5.41, 5.74) is -6.14. The Bertz CT molecular complexity index is 1160. The Balaban J connectivity index is 1.79. The second kappa shape index (κ2) is 8.21. The van der Waals surface area contributed by atoms with Crippen LogP contribution in [0.5, 0.6) is 0 Å². The highest BCUT2D eigenvalue weighted by Crippen LogP contribution is 2.52. The van der Waals surface area contributed by atoms with Crippen molar-refractivity contribution in [3.63, 3.8) is 0 Å². The van der Waals surface area contributed by atoms with Gasteiger partial charge in [0.05, 0.1) is 10.6 Å². The van der Waals surface area contributed by atoms with Crippen molar-refractivity contribution in [3.8, 4) is 0 Å². The summed E-state index contributed by atoms with van der Waals surface area (Å²) in [7, 11) is 0. The van der Waals surface area contributed by atoms with Crippen molar-refractivity contribution in [1.29, 1.82) is 0 Å². The molecule has 3 nitrogen and oxygen atoms in total. The first-order valence-electron chi connectivity index (χ1n) is 9.84. The summed E-state index contributed by atoms with van der Waals surface area (Å²) >= 11 is 2.35. The molecule has 33 heavy (non-hydrogen) atoms. The van der Waals surface area contributed by atoms with Crippen LogP contribution >= 0.6 is 23.1 Å². The van der Waals surface area contributed by atoms with E-state index >= 15 is 0 Å². The lowest BCUT2D eigenvalue weighted by atomic mass is 9.92. The maximum atomic E-state index is 13.3. The number of thioether (sulfide) groups is 1. The molecule has 0 radical (unpaired) electrons. The molecule has 2 aromatic carbocycles. The zero-order chi connectivity index (χ0) is 24.2. The van der Waals surface area contributed by atoms with E-state index in [0.717, 1.165) is 27.9 Å². The van der Waals surface area contributed by atoms with E-state index in [9.17, 15) is 36.2 Å². The van der Waals surface area contributed by atoms with Crippen molar-refractivity contribution in [2.24, 2.45) is 0 Å². The van der Waals surface area contributed by atoms with E-state index in [1.807, 2.05) is 31.2 Å². The minimum absolute atomic E-state index is 0.0759. The lowest BCUT2D eigenvalue weighted by molar-refractivity contribution is -0.376. The maximum absolute atomic E-state index is 13.3. The van der Waals surface area contributed by atoms with Gasteiger partial charge < -0.3 is 10.0 Å². The van der Waals surface area contributed by atoms with E-state index in [1.54, 1.807) is 6.07 Å². The number of anilines is 1. The first kappa shape index (κ1) is 23.9. The number of hydrogen-bond acceptors (Lipinski definition) is 4. The molecule has 0 saturated carbocycles. The Kier molecular flexibility index (Phi) is 5.95. The van der Waals surface area contributed by atoms with Gasteiger partial charge in [-0.2, -0.15) is 26.3 Å². The van der Waals surface area contributed by atoms with Crippen molar-refractivity contribution in [2.45, 2.75) is 41.4 Å². The minimum atomic E-state index is -5.98. The van der Waals surface area contributed by atoms with Gasteiger partial charge in [-0.3, -0.25) is 4.79 Å². The molecule has 1 aliphatic rings. The van der Waals surface area contributed by atoms with Crippen LogP contribution in [0.2, 0.25) is 0 Å². The number of carbonyl (C=O) groups excluding carboxylic acids is 1. The normalized spacial score (nSPS) is 17.3. The number of hydrogen-bond donors (Lipinski definition) is 1. The number of nitrogens with zero attached hydrogens (tertiary/aromatic N) is 1. The smallest absolute Gasteiger partial charge is 0.369 e. The molecular formula is C22H17F6NO2S2. The fourth-order valence-corrected chi connectivity index (χ4v) is 5.94. The Hall–Kier alpha value is -2.24. The number of aliphatic hydroxyl groups is 1. The van der Waals surface area contributed by atoms with Crippen molar-refractivity contribution < 1.29 is 36.2 Å². The summed E-state index contributed by atoms with van der Waals surface area (Å²) in [5.74, 6) is -0.383. The number of rotatable bonds is 3. The van der Waals surface area contributed by atoms with Crippen LogP contribution in [0.1, 0.15) is 28.6 Å². The summed E-state index contributed by atoms with van der Waals surface area (Å²) in [5, 5.41) is 10.4. The van der Waals surface area contributed by atoms with Crippen LogP contribution < -0.4 is 4.90 Å². The summed E-state index contributed by atoms with van der Waals surface area (Å²) in [4.78, 5) is 15.2. The zero-order valence-corrected chi connectivity index (χ0v) is 18.6. The molecule has 0 bridgehead atoms. The Labute approximate surface area is 193 Å². The lowest BCUT2D eigenvalue weighted by Crippen LogP contribution is -2.54. The fraction of sp³-hybridized carbons (Fsp3) is 0.318. The van der Waals surface area contributed by atoms with Gasteiger partial charge in [0, 0.05) is 27.0 Å². The lowest BCUT2D eigenvalue weighted by Gasteiger charge is -2.36. The molecule has 1 aromatic heterocycles. The third kappa shape index (κ3) is 4.00. The summed E-state index contributed by atoms with van der Waals surface area (Å²) < 4.78 is 81.0. The van der Waals surface area contributed by atoms with Gasteiger partial charge in [-0.15, -0.1) is 23.1 Å². The molecule has 0 spiro atoms. The highest BCUT2D eigenvalue weighted by molar-refractivity contribution is 8.00. The fourth-order valence-electron chi connectivity index (χ4n) is 3.69. The van der Waals surface area contributed by atoms with Crippen molar-refractivity contribution in [2.75, 3.05) is 11.4 Å². The van der Waals surface area contributed by atoms with E-state index in [4.69, 9.17) is 0 Å². The number of benzene rings is 2. The number of fused-ring (bicyclic) bond motifs is 2. The number of amides is 1. The largest absolute Gasteiger partial charge is 0.430 e. The molecule has 1 N–H and O–H groups in total. The first-order valence-corrected chi connectivity index (χ1v) is 11.5. The van der Waals surface area contributed by atoms with Gasteiger partial charge in [0.25, 0.3) is 11.5 Å². The van der Waals surface area contributed by atoms with Crippen molar-refractivity contribution >= 4 is 44.8 Å². The molecule has 3 aromatic rings. The average Bonchev–Trinajstić information content (AvgIpc) is 3.19. The van der Waals surface area contributed by atoms with Crippen LogP contribution in [0.15, 0.2) is 53.4 Å². The van der Waals surface area contributed by atoms with E-state index in [0.29, 0.717) is 23.4 Å². The second-order valence-corrected chi connectivity index (χ2v) is 10.0. The van der Waals surface area contributed by atoms with E-state index in [2.05, 4.69) is 0 Å². The van der Waals surface area contributed by atoms with Gasteiger partial charge in [-0.05, 0) is 36.1 Å². The zero-order valence-electron chi connectivity index (χ0n) is 17.0. The molecule has 4 rings (SSSR count). The quantitative estimate of drug-likeness (QED) is 0.401. The molecule has 176 valence electrons. The second-order valence-electron chi connectivity index (χ2n) is 7.60. The molecule has 11 heteroatoms. The molecular weight excluding hydrogens is 488 g/mol. The predicted molar refractivity (Wildman–Crippen MR) is 116 cm³/mol. The molecule has 2 heterocycles. The maximum Gasteiger partial charge on any atom is 0.430 e. The summed E-state index contributed by atoms with van der Waals surface area (Å²) in [6.45, 7) is 2.07. The van der Waals surface area contributed by atoms with Gasteiger partial charge in [-0.1, -0.05) is 31.2 Å². The van der Waals surface area contributed by atoms with Gasteiger partial charge in [-0.25, -0.2) is 0 Å². The van der Waals surface area contributed by atoms with Gasteiger partial charge in [0.15, 0.2) is 0 Å². The van der Waals surface area contributed by atoms with Crippen LogP contribution in [0.25, 0.3) is 10.1 Å². The SMILES string of the molecule is CC[C@H]1CN(C(=O)c2cc3ccccc3s2)c2ccc(C(O)(C(F)(F)F)C(F)(F)F)cc2S1. The van der Waals surface area contributed by atoms with Crippen LogP contribution in [0.4, 0.5) is 32.0 Å². The molecule has 0 unspecified atom stereocenters. The number of carbonyl (C=O) groups is 1. The third-order valence-corrected chi connectivity index (χ3v) is 8.01. The average molecular weight is 506 g/mol. The molecule has 0 aliphatic carbocycles. The van der Waals surface area contributed by atoms with Crippen LogP contribution in [-0.4, -0.2) is 35.2 Å². The summed E-state index contributed by atoms with van der Waals surface area (Å²) in [6, 6.07) is 11.4. The van der Waals surface area contributed by atoms with E-state index < -0.39 is 23.5 Å². The predicted octanol–water partition coefficient (Wildman–Crippen LogP) is 6.74. The van der Waals surface area contributed by atoms with E-state index in [-0.39, 0.29) is 28.3 Å². The molecule has 0 saturated heterocycles. The monoisotopic (exact) mass is 505 g/mol. The first-order chi connectivity index (χ1) is 15.4. The number of thiophene rings is 1. The Morgan fingerprint density at radius 3 is 2.33 bits per heavy atom. The standard InChI is InChI=1S/C22H17F6NO2S2/c1-2-14-11-29(19(30)18-9-12-5-3-4-6-16(12)33-18)15-8-7-13(10-17(15)32-14)20(31,21(23,24)25)22(26,27)28/h3-10,14,31H,2,11H2,1H3/t14-/m0/s1. The van der Waals surface area contributed by atoms with Crippen molar-refractivity contribution in [3.05, 3.63) is 59.0 Å². The highest BCUT2D eigenvalue weighted by Gasteiger charge is 2.71. The molecule has 0 fully saturated rings. The van der Waals surface area contributed by atoms with Crippen LogP contribution in [0.3, 0.4) is 0 Å². The highest BCUT2D eigenvalue weighted by atomic mass is 32.2.